The molecule has 1 aliphatic heterocycles. The maximum Gasteiger partial charge on any atom is 0.316 e. The molecule has 1 saturated heterocycles. The van der Waals surface area contributed by atoms with Gasteiger partial charge in [0, 0.05) is 41.9 Å². The molecule has 0 aromatic carbocycles. The van der Waals surface area contributed by atoms with Gasteiger partial charge in [0.25, 0.3) is 0 Å². The fourth-order valence-corrected chi connectivity index (χ4v) is 3.29. The van der Waals surface area contributed by atoms with Crippen LogP contribution in [0.4, 0.5) is 11.5 Å². The molecule has 118 valence electrons. The first-order valence-corrected chi connectivity index (χ1v) is 8.32. The number of hydrogen-bond acceptors (Lipinski definition) is 6. The van der Waals surface area contributed by atoms with Gasteiger partial charge in [0.05, 0.1) is 4.92 Å². The molecule has 22 heavy (non-hydrogen) atoms. The predicted molar refractivity (Wildman–Crippen MR) is 86.9 cm³/mol. The van der Waals surface area contributed by atoms with Crippen molar-refractivity contribution < 1.29 is 14.5 Å². The Morgan fingerprint density at radius 1 is 1.64 bits per heavy atom. The van der Waals surface area contributed by atoms with Crippen molar-refractivity contribution in [1.82, 2.24) is 4.98 Å². The van der Waals surface area contributed by atoms with Crippen molar-refractivity contribution in [3.05, 3.63) is 26.3 Å². The summed E-state index contributed by atoms with van der Waals surface area (Å²) in [7, 11) is 0. The van der Waals surface area contributed by atoms with Gasteiger partial charge < -0.3 is 0 Å². The summed E-state index contributed by atoms with van der Waals surface area (Å²) < 4.78 is 0.526. The highest BCUT2D eigenvalue weighted by Crippen LogP contribution is 2.36. The average molecular weight is 388 g/mol. The Labute approximate surface area is 139 Å². The predicted octanol–water partition coefficient (Wildman–Crippen LogP) is 2.69. The zero-order chi connectivity index (χ0) is 16.4. The van der Waals surface area contributed by atoms with Crippen molar-refractivity contribution >= 4 is 50.2 Å². The second-order valence-electron chi connectivity index (χ2n) is 5.04. The Bertz CT molecular complexity index is 652. The van der Waals surface area contributed by atoms with Crippen molar-refractivity contribution in [2.45, 2.75) is 20.3 Å². The Hall–Kier alpha value is -1.48. The van der Waals surface area contributed by atoms with E-state index in [9.17, 15) is 19.7 Å². The molecule has 0 radical (unpaired) electrons. The van der Waals surface area contributed by atoms with Gasteiger partial charge in [0.15, 0.2) is 5.12 Å². The Morgan fingerprint density at radius 3 is 2.91 bits per heavy atom. The maximum absolute atomic E-state index is 12.2. The minimum absolute atomic E-state index is 0.00510. The van der Waals surface area contributed by atoms with Crippen LogP contribution in [0.3, 0.4) is 0 Å². The largest absolute Gasteiger partial charge is 0.316 e. The molecule has 0 aliphatic carbocycles. The highest BCUT2D eigenvalue weighted by molar-refractivity contribution is 9.10. The number of pyridine rings is 1. The summed E-state index contributed by atoms with van der Waals surface area (Å²) >= 11 is 4.38. The first-order chi connectivity index (χ1) is 10.3. The third kappa shape index (κ3) is 3.46. The molecule has 1 unspecified atom stereocenters. The van der Waals surface area contributed by atoms with Crippen LogP contribution in [-0.4, -0.2) is 33.2 Å². The molecule has 0 N–H and O–H groups in total. The van der Waals surface area contributed by atoms with Gasteiger partial charge in [0.2, 0.25) is 11.7 Å². The summed E-state index contributed by atoms with van der Waals surface area (Å²) in [5.74, 6) is 0.394. The van der Waals surface area contributed by atoms with Crippen LogP contribution < -0.4 is 4.90 Å². The summed E-state index contributed by atoms with van der Waals surface area (Å²) in [6.45, 7) is 3.43. The summed E-state index contributed by atoms with van der Waals surface area (Å²) in [5.41, 5.74) is 0.270. The van der Waals surface area contributed by atoms with Gasteiger partial charge in [-0.15, -0.1) is 0 Å². The first kappa shape index (κ1) is 16.9. The van der Waals surface area contributed by atoms with Gasteiger partial charge >= 0.3 is 5.69 Å². The van der Waals surface area contributed by atoms with Crippen LogP contribution in [0, 0.1) is 23.0 Å². The molecule has 2 rings (SSSR count). The fraction of sp³-hybridized carbons (Fsp3) is 0.462. The van der Waals surface area contributed by atoms with E-state index in [2.05, 4.69) is 20.9 Å². The van der Waals surface area contributed by atoms with Crippen molar-refractivity contribution in [3.63, 3.8) is 0 Å². The van der Waals surface area contributed by atoms with E-state index in [-0.39, 0.29) is 34.9 Å². The van der Waals surface area contributed by atoms with Crippen LogP contribution >= 0.6 is 27.7 Å². The molecule has 1 aromatic rings. The number of carbonyl (C=O) groups excluding carboxylic acids is 2. The molecule has 1 atom stereocenters. The number of halogens is 1. The van der Waals surface area contributed by atoms with Gasteiger partial charge in [-0.25, -0.2) is 4.98 Å². The molecule has 1 fully saturated rings. The van der Waals surface area contributed by atoms with Crippen LogP contribution in [0.15, 0.2) is 10.7 Å². The quantitative estimate of drug-likeness (QED) is 0.582. The number of amides is 1. The lowest BCUT2D eigenvalue weighted by molar-refractivity contribution is -0.384. The van der Waals surface area contributed by atoms with Crippen LogP contribution in [0.5, 0.6) is 0 Å². The molecule has 0 saturated carbocycles. The van der Waals surface area contributed by atoms with E-state index in [0.717, 1.165) is 11.8 Å². The van der Waals surface area contributed by atoms with E-state index in [1.54, 1.807) is 6.92 Å². The summed E-state index contributed by atoms with van der Waals surface area (Å²) in [6.07, 6.45) is 1.73. The van der Waals surface area contributed by atoms with Crippen molar-refractivity contribution in [1.29, 1.82) is 0 Å². The van der Waals surface area contributed by atoms with Crippen LogP contribution in [-0.2, 0) is 9.59 Å². The van der Waals surface area contributed by atoms with Crippen LogP contribution in [0.2, 0.25) is 0 Å². The van der Waals surface area contributed by atoms with E-state index in [0.29, 0.717) is 22.3 Å². The van der Waals surface area contributed by atoms with Gasteiger partial charge in [-0.3, -0.25) is 24.6 Å². The minimum Gasteiger partial charge on any atom is -0.291 e. The zero-order valence-electron chi connectivity index (χ0n) is 12.0. The van der Waals surface area contributed by atoms with E-state index in [1.807, 2.05) is 0 Å². The molecule has 1 amide bonds. The van der Waals surface area contributed by atoms with Gasteiger partial charge in [-0.2, -0.15) is 0 Å². The third-order valence-electron chi connectivity index (χ3n) is 3.39. The van der Waals surface area contributed by atoms with Crippen LogP contribution in [0.25, 0.3) is 0 Å². The van der Waals surface area contributed by atoms with E-state index >= 15 is 0 Å². The lowest BCUT2D eigenvalue weighted by Gasteiger charge is -2.16. The SMILES string of the molecule is CC(=O)SCC1CC(=O)N(c2ncc(Br)c(C)c2[N+](=O)[O-])C1. The van der Waals surface area contributed by atoms with E-state index < -0.39 is 4.92 Å². The van der Waals surface area contributed by atoms with Gasteiger partial charge in [0.1, 0.15) is 0 Å². The highest BCUT2D eigenvalue weighted by atomic mass is 79.9. The van der Waals surface area contributed by atoms with Crippen molar-refractivity contribution in [2.24, 2.45) is 5.92 Å². The van der Waals surface area contributed by atoms with Gasteiger partial charge in [-0.1, -0.05) is 11.8 Å². The molecular weight excluding hydrogens is 374 g/mol. The third-order valence-corrected chi connectivity index (χ3v) is 5.24. The number of nitro groups is 1. The molecule has 0 spiro atoms. The lowest BCUT2D eigenvalue weighted by atomic mass is 10.1. The first-order valence-electron chi connectivity index (χ1n) is 6.54. The molecular formula is C13H14BrN3O4S. The number of thioether (sulfide) groups is 1. The molecule has 1 aliphatic rings. The van der Waals surface area contributed by atoms with E-state index in [1.165, 1.54) is 18.0 Å². The second-order valence-corrected chi connectivity index (χ2v) is 7.09. The average Bonchev–Trinajstić information content (AvgIpc) is 2.80. The topological polar surface area (TPSA) is 93.4 Å². The van der Waals surface area contributed by atoms with E-state index in [4.69, 9.17) is 0 Å². The van der Waals surface area contributed by atoms with Crippen LogP contribution in [0.1, 0.15) is 18.9 Å². The van der Waals surface area contributed by atoms with Crippen molar-refractivity contribution in [3.8, 4) is 0 Å². The number of aromatic nitrogens is 1. The minimum atomic E-state index is -0.520. The molecule has 1 aromatic heterocycles. The smallest absolute Gasteiger partial charge is 0.291 e. The lowest BCUT2D eigenvalue weighted by Crippen LogP contribution is -2.27. The highest BCUT2D eigenvalue weighted by Gasteiger charge is 2.36. The number of nitrogens with zero attached hydrogens (tertiary/aromatic N) is 3. The number of anilines is 1. The zero-order valence-corrected chi connectivity index (χ0v) is 14.4. The summed E-state index contributed by atoms with van der Waals surface area (Å²) in [4.78, 5) is 39.4. The Morgan fingerprint density at radius 2 is 2.32 bits per heavy atom. The molecule has 7 nitrogen and oxygen atoms in total. The standard InChI is InChI=1S/C13H14BrN3O4S/c1-7-10(14)4-15-13(12(7)17(20)21)16-5-9(3-11(16)19)6-22-8(2)18/h4,9H,3,5-6H2,1-2H3. The van der Waals surface area contributed by atoms with Crippen molar-refractivity contribution in [2.75, 3.05) is 17.2 Å². The fourth-order valence-electron chi connectivity index (χ4n) is 2.31. The molecule has 2 heterocycles. The molecule has 9 heteroatoms. The number of hydrogen-bond donors (Lipinski definition) is 0. The van der Waals surface area contributed by atoms with Gasteiger partial charge in [-0.05, 0) is 28.8 Å². The Kier molecular flexibility index (Phi) is 5.17. The molecule has 0 bridgehead atoms. The normalized spacial score (nSPS) is 17.9. The Balaban J connectivity index is 2.29. The number of carbonyl (C=O) groups is 2. The maximum atomic E-state index is 12.2. The monoisotopic (exact) mass is 387 g/mol. The summed E-state index contributed by atoms with van der Waals surface area (Å²) in [5, 5.41) is 11.3. The summed E-state index contributed by atoms with van der Waals surface area (Å²) in [6, 6.07) is 0. The number of rotatable bonds is 4. The second kappa shape index (κ2) is 6.74.